The number of amides is 2. The van der Waals surface area contributed by atoms with Crippen molar-refractivity contribution in [2.24, 2.45) is 0 Å². The lowest BCUT2D eigenvalue weighted by Gasteiger charge is -2.39. The van der Waals surface area contributed by atoms with Crippen molar-refractivity contribution in [1.82, 2.24) is 14.7 Å². The normalized spacial score (nSPS) is 22.1. The van der Waals surface area contributed by atoms with Crippen LogP contribution in [0.15, 0.2) is 11.6 Å². The Balaban J connectivity index is 1.84. The van der Waals surface area contributed by atoms with Crippen molar-refractivity contribution in [3.8, 4) is 0 Å². The number of rotatable bonds is 4. The molecule has 0 N–H and O–H groups in total. The summed E-state index contributed by atoms with van der Waals surface area (Å²) in [7, 11) is 0. The maximum Gasteiger partial charge on any atom is 0.249 e. The zero-order valence-electron chi connectivity index (χ0n) is 14.6. The largest absolute Gasteiger partial charge is 0.378 e. The van der Waals surface area contributed by atoms with Crippen LogP contribution in [-0.4, -0.2) is 85.0 Å². The van der Waals surface area contributed by atoms with Crippen LogP contribution in [0.4, 0.5) is 0 Å². The van der Waals surface area contributed by atoms with E-state index in [1.165, 1.54) is 0 Å². The second kappa shape index (κ2) is 8.45. The number of hydrogen-bond donors (Lipinski definition) is 0. The van der Waals surface area contributed by atoms with Gasteiger partial charge in [-0.15, -0.1) is 0 Å². The van der Waals surface area contributed by atoms with Gasteiger partial charge < -0.3 is 14.5 Å². The third-order valence-corrected chi connectivity index (χ3v) is 4.68. The maximum atomic E-state index is 12.5. The first-order chi connectivity index (χ1) is 11.0. The molecule has 0 unspecified atom stereocenters. The standard InChI is InChI=1S/C17H29N3O3/c1-4-5-14(2)16(21)19-8-6-18(7-9-19)15(3)17(22)20-10-12-23-13-11-20/h5,15H,4,6-13H2,1-3H3/b14-5+/t15-/m1/s1. The van der Waals surface area contributed by atoms with Gasteiger partial charge in [-0.2, -0.15) is 0 Å². The Kier molecular flexibility index (Phi) is 6.59. The lowest BCUT2D eigenvalue weighted by atomic mass is 10.1. The predicted octanol–water partition coefficient (Wildman–Crippen LogP) is 0.734. The molecule has 0 aromatic carbocycles. The van der Waals surface area contributed by atoms with Crippen molar-refractivity contribution in [2.75, 3.05) is 52.5 Å². The predicted molar refractivity (Wildman–Crippen MR) is 89.1 cm³/mol. The number of carbonyl (C=O) groups excluding carboxylic acids is 2. The third-order valence-electron chi connectivity index (χ3n) is 4.68. The average Bonchev–Trinajstić information content (AvgIpc) is 2.61. The Morgan fingerprint density at radius 1 is 1.04 bits per heavy atom. The molecule has 2 saturated heterocycles. The second-order valence-electron chi connectivity index (χ2n) is 6.24. The van der Waals surface area contributed by atoms with E-state index in [1.807, 2.05) is 36.6 Å². The fourth-order valence-electron chi connectivity index (χ4n) is 3.16. The van der Waals surface area contributed by atoms with Gasteiger partial charge in [0.1, 0.15) is 0 Å². The molecule has 0 spiro atoms. The van der Waals surface area contributed by atoms with Crippen LogP contribution in [0.3, 0.4) is 0 Å². The van der Waals surface area contributed by atoms with Gasteiger partial charge in [-0.1, -0.05) is 13.0 Å². The van der Waals surface area contributed by atoms with Gasteiger partial charge in [-0.25, -0.2) is 0 Å². The Hall–Kier alpha value is -1.40. The quantitative estimate of drug-likeness (QED) is 0.716. The molecule has 2 amide bonds. The first kappa shape index (κ1) is 17.9. The van der Waals surface area contributed by atoms with Gasteiger partial charge in [0.2, 0.25) is 11.8 Å². The summed E-state index contributed by atoms with van der Waals surface area (Å²) in [5.74, 6) is 0.300. The van der Waals surface area contributed by atoms with E-state index >= 15 is 0 Å². The van der Waals surface area contributed by atoms with Crippen molar-refractivity contribution >= 4 is 11.8 Å². The van der Waals surface area contributed by atoms with E-state index in [9.17, 15) is 9.59 Å². The van der Waals surface area contributed by atoms with Gasteiger partial charge in [-0.05, 0) is 20.3 Å². The van der Waals surface area contributed by atoms with Gasteiger partial charge in [0.15, 0.2) is 0 Å². The summed E-state index contributed by atoms with van der Waals surface area (Å²) in [6, 6.07) is -0.127. The number of nitrogens with zero attached hydrogens (tertiary/aromatic N) is 3. The van der Waals surface area contributed by atoms with E-state index in [4.69, 9.17) is 4.74 Å². The van der Waals surface area contributed by atoms with Gasteiger partial charge in [0.25, 0.3) is 0 Å². The fourth-order valence-corrected chi connectivity index (χ4v) is 3.16. The van der Waals surface area contributed by atoms with Gasteiger partial charge in [0.05, 0.1) is 19.3 Å². The molecule has 0 aromatic heterocycles. The third kappa shape index (κ3) is 4.54. The summed E-state index contributed by atoms with van der Waals surface area (Å²) in [5.41, 5.74) is 0.818. The summed E-state index contributed by atoms with van der Waals surface area (Å²) in [6.45, 7) is 11.4. The summed E-state index contributed by atoms with van der Waals surface area (Å²) in [5, 5.41) is 0. The van der Waals surface area contributed by atoms with E-state index < -0.39 is 0 Å². The molecule has 0 radical (unpaired) electrons. The van der Waals surface area contributed by atoms with Gasteiger partial charge >= 0.3 is 0 Å². The molecule has 2 aliphatic heterocycles. The SMILES string of the molecule is CC/C=C(\C)C(=O)N1CCN([C@H](C)C(=O)N2CCOCC2)CC1. The highest BCUT2D eigenvalue weighted by Gasteiger charge is 2.30. The summed E-state index contributed by atoms with van der Waals surface area (Å²) >= 11 is 0. The monoisotopic (exact) mass is 323 g/mol. The molecule has 2 aliphatic rings. The number of piperazine rings is 1. The van der Waals surface area contributed by atoms with E-state index in [2.05, 4.69) is 4.90 Å². The lowest BCUT2D eigenvalue weighted by Crippen LogP contribution is -2.56. The van der Waals surface area contributed by atoms with Gasteiger partial charge in [0, 0.05) is 44.8 Å². The molecule has 6 heteroatoms. The molecule has 1 atom stereocenters. The number of ether oxygens (including phenoxy) is 1. The zero-order valence-corrected chi connectivity index (χ0v) is 14.6. The van der Waals surface area contributed by atoms with Crippen LogP contribution in [0.25, 0.3) is 0 Å². The Morgan fingerprint density at radius 3 is 2.22 bits per heavy atom. The van der Waals surface area contributed by atoms with Crippen molar-refractivity contribution in [1.29, 1.82) is 0 Å². The van der Waals surface area contributed by atoms with Crippen molar-refractivity contribution in [2.45, 2.75) is 33.2 Å². The summed E-state index contributed by atoms with van der Waals surface area (Å²) in [6.07, 6.45) is 2.85. The Labute approximate surface area is 139 Å². The van der Waals surface area contributed by atoms with E-state index in [-0.39, 0.29) is 17.9 Å². The molecule has 0 saturated carbocycles. The van der Waals surface area contributed by atoms with Crippen molar-refractivity contribution in [3.05, 3.63) is 11.6 Å². The summed E-state index contributed by atoms with van der Waals surface area (Å²) < 4.78 is 5.30. The summed E-state index contributed by atoms with van der Waals surface area (Å²) in [4.78, 5) is 30.8. The van der Waals surface area contributed by atoms with Crippen LogP contribution in [0.1, 0.15) is 27.2 Å². The van der Waals surface area contributed by atoms with E-state index in [1.54, 1.807) is 0 Å². The molecule has 6 nitrogen and oxygen atoms in total. The van der Waals surface area contributed by atoms with Gasteiger partial charge in [-0.3, -0.25) is 14.5 Å². The van der Waals surface area contributed by atoms with E-state index in [0.717, 1.165) is 25.1 Å². The highest BCUT2D eigenvalue weighted by Crippen LogP contribution is 2.12. The van der Waals surface area contributed by atoms with Crippen molar-refractivity contribution in [3.63, 3.8) is 0 Å². The number of allylic oxidation sites excluding steroid dienone is 1. The van der Waals surface area contributed by atoms with Crippen LogP contribution in [0, 0.1) is 0 Å². The minimum Gasteiger partial charge on any atom is -0.378 e. The Morgan fingerprint density at radius 2 is 1.65 bits per heavy atom. The first-order valence-electron chi connectivity index (χ1n) is 8.61. The molecular weight excluding hydrogens is 294 g/mol. The number of hydrogen-bond acceptors (Lipinski definition) is 4. The van der Waals surface area contributed by atoms with Crippen LogP contribution in [0.2, 0.25) is 0 Å². The molecular formula is C17H29N3O3. The molecule has 0 aliphatic carbocycles. The second-order valence-corrected chi connectivity index (χ2v) is 6.24. The average molecular weight is 323 g/mol. The number of morpholine rings is 1. The van der Waals surface area contributed by atoms with E-state index in [0.29, 0.717) is 39.4 Å². The lowest BCUT2D eigenvalue weighted by molar-refractivity contribution is -0.141. The highest BCUT2D eigenvalue weighted by atomic mass is 16.5. The Bertz CT molecular complexity index is 450. The topological polar surface area (TPSA) is 53.1 Å². The molecule has 23 heavy (non-hydrogen) atoms. The van der Waals surface area contributed by atoms with Crippen LogP contribution in [-0.2, 0) is 14.3 Å². The minimum atomic E-state index is -0.127. The minimum absolute atomic E-state index is 0.124. The highest BCUT2D eigenvalue weighted by molar-refractivity contribution is 5.92. The fraction of sp³-hybridized carbons (Fsp3) is 0.765. The van der Waals surface area contributed by atoms with Crippen LogP contribution in [0.5, 0.6) is 0 Å². The molecule has 130 valence electrons. The van der Waals surface area contributed by atoms with Crippen LogP contribution >= 0.6 is 0 Å². The molecule has 0 bridgehead atoms. The van der Waals surface area contributed by atoms with Crippen molar-refractivity contribution < 1.29 is 14.3 Å². The molecule has 2 heterocycles. The van der Waals surface area contributed by atoms with Crippen LogP contribution < -0.4 is 0 Å². The number of carbonyl (C=O) groups is 2. The molecule has 2 rings (SSSR count). The molecule has 0 aromatic rings. The first-order valence-corrected chi connectivity index (χ1v) is 8.61. The smallest absolute Gasteiger partial charge is 0.249 e. The molecule has 2 fully saturated rings. The zero-order chi connectivity index (χ0) is 16.8. The maximum absolute atomic E-state index is 12.5.